The van der Waals surface area contributed by atoms with E-state index in [2.05, 4.69) is 4.90 Å². The highest BCUT2D eigenvalue weighted by molar-refractivity contribution is 4.97. The average Bonchev–Trinajstić information content (AvgIpc) is 2.54. The van der Waals surface area contributed by atoms with Gasteiger partial charge in [-0.25, -0.2) is 0 Å². The lowest BCUT2D eigenvalue weighted by atomic mass is 9.81. The number of likely N-dealkylation sites (tertiary alicyclic amines) is 1. The number of aliphatic hydroxyl groups is 1. The quantitative estimate of drug-likeness (QED) is 0.714. The normalized spacial score (nSPS) is 47.0. The van der Waals surface area contributed by atoms with E-state index in [1.165, 1.54) is 58.0 Å². The van der Waals surface area contributed by atoms with Crippen molar-refractivity contribution in [1.82, 2.24) is 4.90 Å². The highest BCUT2D eigenvalue weighted by Gasteiger charge is 2.45. The number of aliphatic hydroxyl groups excluding tert-OH is 1. The van der Waals surface area contributed by atoms with Crippen LogP contribution in [0.2, 0.25) is 0 Å². The van der Waals surface area contributed by atoms with Crippen molar-refractivity contribution in [3.63, 3.8) is 0 Å². The van der Waals surface area contributed by atoms with Crippen molar-refractivity contribution in [3.8, 4) is 0 Å². The van der Waals surface area contributed by atoms with Gasteiger partial charge in [0, 0.05) is 12.0 Å². The molecule has 4 atom stereocenters. The lowest BCUT2D eigenvalue weighted by Gasteiger charge is -2.42. The van der Waals surface area contributed by atoms with Gasteiger partial charge >= 0.3 is 0 Å². The summed E-state index contributed by atoms with van der Waals surface area (Å²) in [7, 11) is 0. The van der Waals surface area contributed by atoms with E-state index in [1.54, 1.807) is 0 Å². The average molecular weight is 209 g/mol. The third-order valence-corrected chi connectivity index (χ3v) is 4.98. The molecule has 3 aliphatic rings. The fraction of sp³-hybridized carbons (Fsp3) is 1.00. The number of piperidine rings is 1. The lowest BCUT2D eigenvalue weighted by Crippen LogP contribution is -2.48. The number of rotatable bonds is 1. The van der Waals surface area contributed by atoms with Crippen LogP contribution in [0.5, 0.6) is 0 Å². The van der Waals surface area contributed by atoms with Crippen LogP contribution in [0.1, 0.15) is 44.9 Å². The van der Waals surface area contributed by atoms with Crippen molar-refractivity contribution >= 4 is 0 Å². The molecule has 1 saturated heterocycles. The standard InChI is InChI=1S/C13H23NO/c15-13-10-4-6-11(13)12(7-5-10)14-8-2-1-3-9-14/h10-13,15H,1-9H2/t10?,11?,12?,13-/m1/s1. The van der Waals surface area contributed by atoms with Gasteiger partial charge in [0.15, 0.2) is 0 Å². The molecule has 1 aliphatic heterocycles. The van der Waals surface area contributed by atoms with Crippen molar-refractivity contribution < 1.29 is 5.11 Å². The Kier molecular flexibility index (Phi) is 2.73. The zero-order valence-corrected chi connectivity index (χ0v) is 9.57. The van der Waals surface area contributed by atoms with Crippen molar-refractivity contribution in [2.75, 3.05) is 13.1 Å². The van der Waals surface area contributed by atoms with Gasteiger partial charge in [-0.05, 0) is 57.5 Å². The minimum Gasteiger partial charge on any atom is -0.392 e. The van der Waals surface area contributed by atoms with E-state index in [0.717, 1.165) is 6.04 Å². The highest BCUT2D eigenvalue weighted by Crippen LogP contribution is 2.44. The van der Waals surface area contributed by atoms with Crippen LogP contribution in [0.3, 0.4) is 0 Å². The first-order valence-electron chi connectivity index (χ1n) is 6.78. The summed E-state index contributed by atoms with van der Waals surface area (Å²) in [6.45, 7) is 2.58. The van der Waals surface area contributed by atoms with E-state index < -0.39 is 0 Å². The summed E-state index contributed by atoms with van der Waals surface area (Å²) in [4.78, 5) is 2.68. The molecule has 0 aromatic rings. The van der Waals surface area contributed by atoms with Gasteiger partial charge in [0.05, 0.1) is 6.10 Å². The van der Waals surface area contributed by atoms with E-state index in [4.69, 9.17) is 0 Å². The summed E-state index contributed by atoms with van der Waals surface area (Å²) in [5, 5.41) is 10.2. The molecule has 2 bridgehead atoms. The Hall–Kier alpha value is -0.0800. The predicted octanol–water partition coefficient (Wildman–Crippen LogP) is 2.02. The van der Waals surface area contributed by atoms with Crippen molar-refractivity contribution in [3.05, 3.63) is 0 Å². The molecule has 15 heavy (non-hydrogen) atoms. The Bertz CT molecular complexity index is 225. The van der Waals surface area contributed by atoms with Gasteiger partial charge in [-0.3, -0.25) is 0 Å². The molecule has 2 nitrogen and oxygen atoms in total. The van der Waals surface area contributed by atoms with Gasteiger partial charge < -0.3 is 10.0 Å². The first kappa shape index (κ1) is 10.1. The molecule has 1 N–H and O–H groups in total. The zero-order valence-electron chi connectivity index (χ0n) is 9.57. The number of nitrogens with zero attached hydrogens (tertiary/aromatic N) is 1. The van der Waals surface area contributed by atoms with Crippen LogP contribution in [0, 0.1) is 11.8 Å². The molecule has 3 fully saturated rings. The summed E-state index contributed by atoms with van der Waals surface area (Å²) < 4.78 is 0. The molecule has 0 radical (unpaired) electrons. The second kappa shape index (κ2) is 4.06. The Morgan fingerprint density at radius 1 is 0.867 bits per heavy atom. The molecule has 86 valence electrons. The first-order valence-corrected chi connectivity index (χ1v) is 6.78. The summed E-state index contributed by atoms with van der Waals surface area (Å²) in [5.74, 6) is 1.26. The lowest BCUT2D eigenvalue weighted by molar-refractivity contribution is -0.00651. The largest absolute Gasteiger partial charge is 0.392 e. The Balaban J connectivity index is 1.69. The van der Waals surface area contributed by atoms with Crippen molar-refractivity contribution in [2.45, 2.75) is 57.1 Å². The summed E-state index contributed by atoms with van der Waals surface area (Å²) >= 11 is 0. The molecule has 0 aromatic carbocycles. The van der Waals surface area contributed by atoms with E-state index in [-0.39, 0.29) is 6.10 Å². The van der Waals surface area contributed by atoms with Crippen molar-refractivity contribution in [2.24, 2.45) is 11.8 Å². The van der Waals surface area contributed by atoms with Gasteiger partial charge in [0.1, 0.15) is 0 Å². The van der Waals surface area contributed by atoms with Crippen LogP contribution < -0.4 is 0 Å². The van der Waals surface area contributed by atoms with Gasteiger partial charge in [-0.1, -0.05) is 6.42 Å². The van der Waals surface area contributed by atoms with Crippen LogP contribution in [0.25, 0.3) is 0 Å². The second-order valence-corrected chi connectivity index (χ2v) is 5.73. The number of fused-ring (bicyclic) bond motifs is 2. The Labute approximate surface area is 92.7 Å². The topological polar surface area (TPSA) is 23.5 Å². The van der Waals surface area contributed by atoms with Gasteiger partial charge in [-0.2, -0.15) is 0 Å². The Morgan fingerprint density at radius 2 is 1.60 bits per heavy atom. The molecule has 2 saturated carbocycles. The zero-order chi connectivity index (χ0) is 10.3. The number of hydrogen-bond donors (Lipinski definition) is 1. The molecule has 0 aromatic heterocycles. The van der Waals surface area contributed by atoms with Gasteiger partial charge in [0.25, 0.3) is 0 Å². The van der Waals surface area contributed by atoms with Crippen LogP contribution in [-0.2, 0) is 0 Å². The molecule has 2 aliphatic carbocycles. The summed E-state index contributed by atoms with van der Waals surface area (Å²) in [6, 6.07) is 0.721. The fourth-order valence-electron chi connectivity index (χ4n) is 4.14. The van der Waals surface area contributed by atoms with Crippen molar-refractivity contribution in [1.29, 1.82) is 0 Å². The fourth-order valence-corrected chi connectivity index (χ4v) is 4.14. The maximum atomic E-state index is 10.2. The van der Waals surface area contributed by atoms with Crippen LogP contribution >= 0.6 is 0 Å². The molecule has 0 amide bonds. The third-order valence-electron chi connectivity index (χ3n) is 4.98. The minimum absolute atomic E-state index is 0.0330. The molecule has 3 unspecified atom stereocenters. The SMILES string of the molecule is O[C@@H]1C2CCC1C(N1CCCCC1)CC2. The monoisotopic (exact) mass is 209 g/mol. The van der Waals surface area contributed by atoms with E-state index >= 15 is 0 Å². The summed E-state index contributed by atoms with van der Waals surface area (Å²) in [6.07, 6.45) is 9.41. The molecular formula is C13H23NO. The van der Waals surface area contributed by atoms with Crippen LogP contribution in [-0.4, -0.2) is 35.2 Å². The Morgan fingerprint density at radius 3 is 2.40 bits per heavy atom. The molecule has 0 spiro atoms. The maximum Gasteiger partial charge on any atom is 0.0611 e. The molecular weight excluding hydrogens is 186 g/mol. The maximum absolute atomic E-state index is 10.2. The molecule has 2 heteroatoms. The summed E-state index contributed by atoms with van der Waals surface area (Å²) in [5.41, 5.74) is 0. The third kappa shape index (κ3) is 1.72. The highest BCUT2D eigenvalue weighted by atomic mass is 16.3. The van der Waals surface area contributed by atoms with E-state index in [0.29, 0.717) is 11.8 Å². The first-order chi connectivity index (χ1) is 7.36. The second-order valence-electron chi connectivity index (χ2n) is 5.73. The number of hydrogen-bond acceptors (Lipinski definition) is 2. The van der Waals surface area contributed by atoms with E-state index in [9.17, 15) is 5.11 Å². The van der Waals surface area contributed by atoms with E-state index in [1.807, 2.05) is 0 Å². The van der Waals surface area contributed by atoms with Crippen LogP contribution in [0.4, 0.5) is 0 Å². The smallest absolute Gasteiger partial charge is 0.0611 e. The predicted molar refractivity (Wildman–Crippen MR) is 60.7 cm³/mol. The molecule has 1 heterocycles. The molecule has 3 rings (SSSR count). The van der Waals surface area contributed by atoms with Gasteiger partial charge in [0.2, 0.25) is 0 Å². The van der Waals surface area contributed by atoms with Crippen LogP contribution in [0.15, 0.2) is 0 Å². The van der Waals surface area contributed by atoms with Gasteiger partial charge in [-0.15, -0.1) is 0 Å². The minimum atomic E-state index is 0.0330.